The Bertz CT molecular complexity index is 507. The van der Waals surface area contributed by atoms with E-state index in [0.29, 0.717) is 5.92 Å². The average Bonchev–Trinajstić information content (AvgIpc) is 2.91. The summed E-state index contributed by atoms with van der Waals surface area (Å²) in [6.07, 6.45) is 4.75. The molecule has 1 aliphatic rings. The van der Waals surface area contributed by atoms with E-state index in [9.17, 15) is 4.79 Å². The van der Waals surface area contributed by atoms with Crippen molar-refractivity contribution in [3.05, 3.63) is 17.5 Å². The predicted molar refractivity (Wildman–Crippen MR) is 89.2 cm³/mol. The lowest BCUT2D eigenvalue weighted by molar-refractivity contribution is 0.0689. The summed E-state index contributed by atoms with van der Waals surface area (Å²) in [5.41, 5.74) is 1.74. The molecule has 0 bridgehead atoms. The predicted octanol–water partition coefficient (Wildman–Crippen LogP) is 2.27. The van der Waals surface area contributed by atoms with Gasteiger partial charge in [0.05, 0.1) is 23.0 Å². The largest absolute Gasteiger partial charge is 0.339 e. The lowest BCUT2D eigenvalue weighted by Crippen LogP contribution is -2.40. The maximum absolute atomic E-state index is 12.8. The molecule has 0 unspecified atom stereocenters. The van der Waals surface area contributed by atoms with E-state index < -0.39 is 0 Å². The molecule has 22 heavy (non-hydrogen) atoms. The zero-order chi connectivity index (χ0) is 16.3. The molecule has 124 valence electrons. The van der Waals surface area contributed by atoms with Crippen LogP contribution in [-0.4, -0.2) is 47.3 Å². The number of carbonyl (C=O) groups is 1. The second kappa shape index (κ2) is 6.82. The van der Waals surface area contributed by atoms with Crippen LogP contribution < -0.4 is 5.32 Å². The Kier molecular flexibility index (Phi) is 5.27. The van der Waals surface area contributed by atoms with Gasteiger partial charge in [-0.1, -0.05) is 6.92 Å². The van der Waals surface area contributed by atoms with Gasteiger partial charge >= 0.3 is 0 Å². The van der Waals surface area contributed by atoms with Crippen LogP contribution in [0.15, 0.2) is 6.20 Å². The minimum Gasteiger partial charge on any atom is -0.339 e. The molecule has 5 nitrogen and oxygen atoms in total. The molecule has 1 amide bonds. The Balaban J connectivity index is 2.12. The lowest BCUT2D eigenvalue weighted by Gasteiger charge is -2.32. The Morgan fingerprint density at radius 3 is 2.50 bits per heavy atom. The standard InChI is InChI=1S/C17H30N4O/c1-6-15-14(12-19-21(15)17(2,3)4)16(22)20-9-7-13(8-10-20)11-18-5/h12-13,18H,6-11H2,1-5H3. The molecule has 1 saturated heterocycles. The van der Waals surface area contributed by atoms with Gasteiger partial charge in [0.25, 0.3) is 5.91 Å². The summed E-state index contributed by atoms with van der Waals surface area (Å²) in [5, 5.41) is 7.71. The summed E-state index contributed by atoms with van der Waals surface area (Å²) in [6, 6.07) is 0. The second-order valence-corrected chi connectivity index (χ2v) is 7.23. The van der Waals surface area contributed by atoms with Crippen molar-refractivity contribution in [2.24, 2.45) is 5.92 Å². The van der Waals surface area contributed by atoms with Gasteiger partial charge < -0.3 is 10.2 Å². The highest BCUT2D eigenvalue weighted by Crippen LogP contribution is 2.23. The number of nitrogens with zero attached hydrogens (tertiary/aromatic N) is 3. The van der Waals surface area contributed by atoms with E-state index in [0.717, 1.165) is 50.2 Å². The molecule has 1 aromatic rings. The lowest BCUT2D eigenvalue weighted by atomic mass is 9.96. The molecule has 2 heterocycles. The van der Waals surface area contributed by atoms with Crippen LogP contribution in [0.3, 0.4) is 0 Å². The number of carbonyl (C=O) groups excluding carboxylic acids is 1. The molecule has 0 atom stereocenters. The van der Waals surface area contributed by atoms with Gasteiger partial charge in [0.1, 0.15) is 0 Å². The van der Waals surface area contributed by atoms with Crippen LogP contribution in [0.25, 0.3) is 0 Å². The molecule has 1 aliphatic heterocycles. The van der Waals surface area contributed by atoms with E-state index in [1.807, 2.05) is 16.6 Å². The number of rotatable bonds is 4. The minimum atomic E-state index is -0.0936. The molecule has 0 aromatic carbocycles. The number of hydrogen-bond donors (Lipinski definition) is 1. The average molecular weight is 306 g/mol. The molecule has 0 spiro atoms. The first-order valence-corrected chi connectivity index (χ1v) is 8.39. The van der Waals surface area contributed by atoms with Crippen LogP contribution >= 0.6 is 0 Å². The van der Waals surface area contributed by atoms with Gasteiger partial charge in [-0.3, -0.25) is 9.48 Å². The number of likely N-dealkylation sites (tertiary alicyclic amines) is 1. The summed E-state index contributed by atoms with van der Waals surface area (Å²) in [6.45, 7) is 11.2. The first kappa shape index (κ1) is 17.0. The third-order valence-electron chi connectivity index (χ3n) is 4.46. The maximum atomic E-state index is 12.8. The first-order valence-electron chi connectivity index (χ1n) is 8.39. The van der Waals surface area contributed by atoms with E-state index in [-0.39, 0.29) is 11.4 Å². The minimum absolute atomic E-state index is 0.0936. The summed E-state index contributed by atoms with van der Waals surface area (Å²) >= 11 is 0. The number of hydrogen-bond acceptors (Lipinski definition) is 3. The topological polar surface area (TPSA) is 50.2 Å². The molecule has 1 fully saturated rings. The van der Waals surface area contributed by atoms with Crippen LogP contribution in [-0.2, 0) is 12.0 Å². The fraction of sp³-hybridized carbons (Fsp3) is 0.765. The molecule has 0 radical (unpaired) electrons. The molecular formula is C17H30N4O. The van der Waals surface area contributed by atoms with Crippen molar-refractivity contribution in [2.45, 2.75) is 52.5 Å². The van der Waals surface area contributed by atoms with Crippen molar-refractivity contribution in [3.8, 4) is 0 Å². The highest BCUT2D eigenvalue weighted by Gasteiger charge is 2.28. The van der Waals surface area contributed by atoms with Gasteiger partial charge in [-0.2, -0.15) is 5.10 Å². The van der Waals surface area contributed by atoms with E-state index >= 15 is 0 Å². The highest BCUT2D eigenvalue weighted by molar-refractivity contribution is 5.95. The Hall–Kier alpha value is -1.36. The quantitative estimate of drug-likeness (QED) is 0.928. The molecule has 0 saturated carbocycles. The number of nitrogens with one attached hydrogen (secondary N) is 1. The smallest absolute Gasteiger partial charge is 0.257 e. The first-order chi connectivity index (χ1) is 10.4. The summed E-state index contributed by atoms with van der Waals surface area (Å²) in [5.74, 6) is 0.840. The normalized spacial score (nSPS) is 17.0. The van der Waals surface area contributed by atoms with Crippen molar-refractivity contribution in [1.29, 1.82) is 0 Å². The summed E-state index contributed by atoms with van der Waals surface area (Å²) < 4.78 is 1.99. The highest BCUT2D eigenvalue weighted by atomic mass is 16.2. The van der Waals surface area contributed by atoms with Crippen molar-refractivity contribution >= 4 is 5.91 Å². The van der Waals surface area contributed by atoms with Crippen molar-refractivity contribution < 1.29 is 4.79 Å². The SMILES string of the molecule is CCc1c(C(=O)N2CCC(CNC)CC2)cnn1C(C)(C)C. The molecule has 0 aliphatic carbocycles. The fourth-order valence-electron chi connectivity index (χ4n) is 3.27. The van der Waals surface area contributed by atoms with Crippen LogP contribution in [0.2, 0.25) is 0 Å². The maximum Gasteiger partial charge on any atom is 0.257 e. The van der Waals surface area contributed by atoms with Gasteiger partial charge in [0.2, 0.25) is 0 Å². The van der Waals surface area contributed by atoms with Crippen LogP contribution in [0.4, 0.5) is 0 Å². The molecule has 2 rings (SSSR count). The Labute approximate surface area is 134 Å². The monoisotopic (exact) mass is 306 g/mol. The Morgan fingerprint density at radius 2 is 2.00 bits per heavy atom. The van der Waals surface area contributed by atoms with Gasteiger partial charge in [0, 0.05) is 13.1 Å². The van der Waals surface area contributed by atoms with Gasteiger partial charge in [-0.15, -0.1) is 0 Å². The zero-order valence-corrected chi connectivity index (χ0v) is 14.6. The summed E-state index contributed by atoms with van der Waals surface area (Å²) in [7, 11) is 1.99. The molecule has 5 heteroatoms. The van der Waals surface area contributed by atoms with Crippen molar-refractivity contribution in [3.63, 3.8) is 0 Å². The zero-order valence-electron chi connectivity index (χ0n) is 14.6. The molecule has 1 N–H and O–H groups in total. The number of amides is 1. The van der Waals surface area contributed by atoms with E-state index in [1.165, 1.54) is 0 Å². The number of piperidine rings is 1. The molecular weight excluding hydrogens is 276 g/mol. The van der Waals surface area contributed by atoms with Gasteiger partial charge in [0.15, 0.2) is 0 Å². The third kappa shape index (κ3) is 3.51. The fourth-order valence-corrected chi connectivity index (χ4v) is 3.27. The second-order valence-electron chi connectivity index (χ2n) is 7.23. The van der Waals surface area contributed by atoms with E-state index in [1.54, 1.807) is 6.20 Å². The van der Waals surface area contributed by atoms with Crippen molar-refractivity contribution in [2.75, 3.05) is 26.7 Å². The Morgan fingerprint density at radius 1 is 1.36 bits per heavy atom. The third-order valence-corrected chi connectivity index (χ3v) is 4.46. The van der Waals surface area contributed by atoms with E-state index in [4.69, 9.17) is 0 Å². The van der Waals surface area contributed by atoms with Crippen LogP contribution in [0, 0.1) is 5.92 Å². The number of aromatic nitrogens is 2. The molecule has 1 aromatic heterocycles. The van der Waals surface area contributed by atoms with Crippen molar-refractivity contribution in [1.82, 2.24) is 20.0 Å². The summed E-state index contributed by atoms with van der Waals surface area (Å²) in [4.78, 5) is 14.8. The van der Waals surface area contributed by atoms with Gasteiger partial charge in [-0.05, 0) is 59.5 Å². The van der Waals surface area contributed by atoms with Gasteiger partial charge in [-0.25, -0.2) is 0 Å². The van der Waals surface area contributed by atoms with Crippen LogP contribution in [0.1, 0.15) is 56.6 Å². The van der Waals surface area contributed by atoms with Crippen LogP contribution in [0.5, 0.6) is 0 Å². The van der Waals surface area contributed by atoms with E-state index in [2.05, 4.69) is 38.1 Å².